The summed E-state index contributed by atoms with van der Waals surface area (Å²) >= 11 is 1.21. The Balaban J connectivity index is 1.27. The van der Waals surface area contributed by atoms with Gasteiger partial charge < -0.3 is 15.8 Å². The maximum atomic E-state index is 12.5. The van der Waals surface area contributed by atoms with Gasteiger partial charge >= 0.3 is 0 Å². The number of nitrogens with one attached hydrogen (secondary N) is 2. The van der Waals surface area contributed by atoms with Gasteiger partial charge in [-0.15, -0.1) is 11.3 Å². The zero-order chi connectivity index (χ0) is 25.0. The molecule has 0 spiro atoms. The third-order valence-corrected chi connectivity index (χ3v) is 7.20. The number of thiazole rings is 1. The number of nitrogens with zero attached hydrogens (tertiary/aromatic N) is 3. The van der Waals surface area contributed by atoms with Gasteiger partial charge in [-0.25, -0.2) is 23.4 Å². The van der Waals surface area contributed by atoms with Gasteiger partial charge in [0.2, 0.25) is 5.95 Å². The number of sulfonamides is 1. The monoisotopic (exact) mass is 516 g/mol. The molecule has 0 radical (unpaired) electrons. The number of anilines is 4. The van der Waals surface area contributed by atoms with Gasteiger partial charge in [0.1, 0.15) is 11.5 Å². The molecule has 4 N–H and O–H groups in total. The molecule has 0 fully saturated rings. The van der Waals surface area contributed by atoms with Crippen molar-refractivity contribution >= 4 is 43.8 Å². The van der Waals surface area contributed by atoms with Crippen LogP contribution in [-0.4, -0.2) is 23.4 Å². The van der Waals surface area contributed by atoms with E-state index in [2.05, 4.69) is 25.0 Å². The Morgan fingerprint density at radius 3 is 2.36 bits per heavy atom. The number of hydrogen-bond donors (Lipinski definition) is 3. The minimum atomic E-state index is -3.72. The van der Waals surface area contributed by atoms with Gasteiger partial charge in [0.15, 0.2) is 5.13 Å². The molecule has 0 amide bonds. The summed E-state index contributed by atoms with van der Waals surface area (Å²) in [4.78, 5) is 12.9. The molecule has 36 heavy (non-hydrogen) atoms. The molecule has 9 nitrogen and oxygen atoms in total. The second-order valence-corrected chi connectivity index (χ2v) is 10.1. The molecule has 5 rings (SSSR count). The molecular formula is C25H20N6O3S2. The Morgan fingerprint density at radius 2 is 1.64 bits per heavy atom. The summed E-state index contributed by atoms with van der Waals surface area (Å²) in [6, 6.07) is 22.9. The first kappa shape index (κ1) is 23.3. The molecule has 0 atom stereocenters. The topological polar surface area (TPSA) is 132 Å². The summed E-state index contributed by atoms with van der Waals surface area (Å²) in [5.41, 5.74) is 8.74. The number of nitrogens with two attached hydrogens (primary N) is 1. The second kappa shape index (κ2) is 10.0. The molecule has 0 unspecified atom stereocenters. The predicted octanol–water partition coefficient (Wildman–Crippen LogP) is 5.52. The molecule has 3 aromatic carbocycles. The summed E-state index contributed by atoms with van der Waals surface area (Å²) in [5.74, 6) is 1.63. The van der Waals surface area contributed by atoms with Crippen LogP contribution in [0.15, 0.2) is 102 Å². The lowest BCUT2D eigenvalue weighted by atomic mass is 10.1. The summed E-state index contributed by atoms with van der Waals surface area (Å²) in [5, 5.41) is 5.11. The van der Waals surface area contributed by atoms with Crippen molar-refractivity contribution in [3.8, 4) is 22.8 Å². The van der Waals surface area contributed by atoms with E-state index in [1.54, 1.807) is 35.8 Å². The Kier molecular flexibility index (Phi) is 6.48. The molecule has 0 aliphatic heterocycles. The van der Waals surface area contributed by atoms with Gasteiger partial charge in [-0.1, -0.05) is 12.1 Å². The van der Waals surface area contributed by atoms with Crippen molar-refractivity contribution < 1.29 is 13.2 Å². The number of ether oxygens (including phenoxy) is 1. The van der Waals surface area contributed by atoms with E-state index < -0.39 is 10.0 Å². The summed E-state index contributed by atoms with van der Waals surface area (Å²) in [6.07, 6.45) is 3.18. The van der Waals surface area contributed by atoms with E-state index in [0.29, 0.717) is 39.6 Å². The van der Waals surface area contributed by atoms with Crippen LogP contribution in [0.5, 0.6) is 11.5 Å². The second-order valence-electron chi connectivity index (χ2n) is 7.52. The predicted molar refractivity (Wildman–Crippen MR) is 141 cm³/mol. The maximum absolute atomic E-state index is 12.5. The fourth-order valence-corrected chi connectivity index (χ4v) is 5.06. The van der Waals surface area contributed by atoms with Crippen molar-refractivity contribution in [1.29, 1.82) is 0 Å². The Morgan fingerprint density at radius 1 is 0.861 bits per heavy atom. The summed E-state index contributed by atoms with van der Waals surface area (Å²) < 4.78 is 33.3. The van der Waals surface area contributed by atoms with E-state index in [4.69, 9.17) is 10.5 Å². The molecule has 0 bridgehead atoms. The SMILES string of the molecule is Nc1ccccc1Oc1ccc(-c2ccnc(Nc3ccc(S(=O)(=O)Nc4nccs4)cc3)n2)cc1. The lowest BCUT2D eigenvalue weighted by Crippen LogP contribution is -2.12. The molecule has 0 aliphatic carbocycles. The molecule has 180 valence electrons. The molecule has 0 aliphatic rings. The first-order chi connectivity index (χ1) is 17.5. The number of benzene rings is 3. The van der Waals surface area contributed by atoms with Gasteiger partial charge in [0, 0.05) is 29.0 Å². The molecule has 0 saturated heterocycles. The van der Waals surface area contributed by atoms with Crippen LogP contribution in [0, 0.1) is 0 Å². The third kappa shape index (κ3) is 5.43. The highest BCUT2D eigenvalue weighted by Crippen LogP contribution is 2.29. The van der Waals surface area contributed by atoms with Crippen molar-refractivity contribution in [3.05, 3.63) is 96.6 Å². The van der Waals surface area contributed by atoms with Crippen LogP contribution in [0.25, 0.3) is 11.3 Å². The molecule has 2 heterocycles. The van der Waals surface area contributed by atoms with E-state index in [9.17, 15) is 8.42 Å². The first-order valence-corrected chi connectivity index (χ1v) is 13.1. The van der Waals surface area contributed by atoms with Crippen LogP contribution in [0.4, 0.5) is 22.5 Å². The van der Waals surface area contributed by atoms with Crippen molar-refractivity contribution in [2.75, 3.05) is 15.8 Å². The van der Waals surface area contributed by atoms with Crippen LogP contribution in [0.3, 0.4) is 0 Å². The van der Waals surface area contributed by atoms with Gasteiger partial charge in [0.05, 0.1) is 16.3 Å². The normalized spacial score (nSPS) is 11.1. The average molecular weight is 517 g/mol. The lowest BCUT2D eigenvalue weighted by molar-refractivity contribution is 0.485. The van der Waals surface area contributed by atoms with Gasteiger partial charge in [0.25, 0.3) is 10.0 Å². The van der Waals surface area contributed by atoms with Gasteiger partial charge in [-0.2, -0.15) is 0 Å². The summed E-state index contributed by atoms with van der Waals surface area (Å²) in [6.45, 7) is 0. The summed E-state index contributed by atoms with van der Waals surface area (Å²) in [7, 11) is -3.72. The van der Waals surface area contributed by atoms with Crippen LogP contribution < -0.4 is 20.5 Å². The molecule has 5 aromatic rings. The zero-order valence-electron chi connectivity index (χ0n) is 18.7. The van der Waals surface area contributed by atoms with Crippen molar-refractivity contribution in [1.82, 2.24) is 15.0 Å². The highest BCUT2D eigenvalue weighted by molar-refractivity contribution is 7.93. The number of aromatic nitrogens is 3. The number of nitrogen functional groups attached to an aromatic ring is 1. The fourth-order valence-electron chi connectivity index (χ4n) is 3.27. The van der Waals surface area contributed by atoms with Crippen molar-refractivity contribution in [2.45, 2.75) is 4.90 Å². The minimum absolute atomic E-state index is 0.123. The van der Waals surface area contributed by atoms with E-state index in [0.717, 1.165) is 5.56 Å². The standard InChI is InChI=1S/C25H20N6O3S2/c26-21-3-1-2-4-23(21)34-19-9-5-17(6-10-19)22-13-14-27-24(30-22)29-18-7-11-20(12-8-18)36(32,33)31-25-28-15-16-35-25/h1-16H,26H2,(H,28,31)(H,27,29,30). The van der Waals surface area contributed by atoms with Crippen molar-refractivity contribution in [3.63, 3.8) is 0 Å². The smallest absolute Gasteiger partial charge is 0.263 e. The zero-order valence-corrected chi connectivity index (χ0v) is 20.3. The third-order valence-electron chi connectivity index (χ3n) is 5.03. The number of rotatable bonds is 8. The van der Waals surface area contributed by atoms with E-state index >= 15 is 0 Å². The highest BCUT2D eigenvalue weighted by Gasteiger charge is 2.15. The Labute approximate surface area is 211 Å². The Bertz CT molecular complexity index is 1570. The first-order valence-electron chi connectivity index (χ1n) is 10.7. The quantitative estimate of drug-likeness (QED) is 0.230. The van der Waals surface area contributed by atoms with Gasteiger partial charge in [-0.3, -0.25) is 4.72 Å². The largest absolute Gasteiger partial charge is 0.455 e. The molecule has 2 aromatic heterocycles. The average Bonchev–Trinajstić information content (AvgIpc) is 3.39. The van der Waals surface area contributed by atoms with E-state index in [-0.39, 0.29) is 4.90 Å². The van der Waals surface area contributed by atoms with Crippen LogP contribution in [0.1, 0.15) is 0 Å². The minimum Gasteiger partial charge on any atom is -0.455 e. The molecular weight excluding hydrogens is 496 g/mol. The lowest BCUT2D eigenvalue weighted by Gasteiger charge is -2.10. The van der Waals surface area contributed by atoms with Gasteiger partial charge in [-0.05, 0) is 66.7 Å². The molecule has 0 saturated carbocycles. The van der Waals surface area contributed by atoms with Crippen LogP contribution >= 0.6 is 11.3 Å². The Hall–Kier alpha value is -4.48. The highest BCUT2D eigenvalue weighted by atomic mass is 32.2. The number of para-hydroxylation sites is 2. The number of hydrogen-bond acceptors (Lipinski definition) is 9. The van der Waals surface area contributed by atoms with E-state index in [1.807, 2.05) is 42.5 Å². The van der Waals surface area contributed by atoms with Crippen LogP contribution in [0.2, 0.25) is 0 Å². The fraction of sp³-hybridized carbons (Fsp3) is 0. The molecule has 11 heteroatoms. The van der Waals surface area contributed by atoms with Crippen LogP contribution in [-0.2, 0) is 10.0 Å². The van der Waals surface area contributed by atoms with Crippen molar-refractivity contribution in [2.24, 2.45) is 0 Å². The van der Waals surface area contributed by atoms with E-state index in [1.165, 1.54) is 29.7 Å². The maximum Gasteiger partial charge on any atom is 0.263 e.